The molecule has 0 saturated carbocycles. The van der Waals surface area contributed by atoms with Gasteiger partial charge < -0.3 is 0 Å². The van der Waals surface area contributed by atoms with Gasteiger partial charge >= 0.3 is 0 Å². The van der Waals surface area contributed by atoms with Crippen molar-refractivity contribution >= 4 is 21.4 Å². The largest absolute Gasteiger partial charge is 0.228 e. The Labute approximate surface area is 108 Å². The van der Waals surface area contributed by atoms with Crippen LogP contribution in [-0.4, -0.2) is 24.8 Å². The third kappa shape index (κ3) is 3.23. The van der Waals surface area contributed by atoms with Gasteiger partial charge in [-0.05, 0) is 24.8 Å². The Kier molecular flexibility index (Phi) is 4.10. The van der Waals surface area contributed by atoms with Crippen LogP contribution >= 0.6 is 11.6 Å². The lowest BCUT2D eigenvalue weighted by Gasteiger charge is -2.26. The fraction of sp³-hybridized carbons (Fsp3) is 0.538. The van der Waals surface area contributed by atoms with Gasteiger partial charge in [0.2, 0.25) is 0 Å². The highest BCUT2D eigenvalue weighted by atomic mass is 35.5. The molecule has 0 radical (unpaired) electrons. The molecule has 2 atom stereocenters. The van der Waals surface area contributed by atoms with Crippen LogP contribution in [0.25, 0.3) is 0 Å². The van der Waals surface area contributed by atoms with Crippen molar-refractivity contribution in [3.8, 4) is 0 Å². The molecule has 1 aromatic carbocycles. The van der Waals surface area contributed by atoms with Crippen LogP contribution in [0, 0.1) is 0 Å². The zero-order valence-corrected chi connectivity index (χ0v) is 11.3. The van der Waals surface area contributed by atoms with E-state index in [1.807, 2.05) is 30.3 Å². The molecule has 1 aliphatic heterocycles. The van der Waals surface area contributed by atoms with Gasteiger partial charge in [-0.3, -0.25) is 0 Å². The van der Waals surface area contributed by atoms with Crippen LogP contribution in [0.1, 0.15) is 24.8 Å². The summed E-state index contributed by atoms with van der Waals surface area (Å²) < 4.78 is 23.9. The molecule has 0 bridgehead atoms. The molecule has 94 valence electrons. The van der Waals surface area contributed by atoms with Crippen LogP contribution in [0.15, 0.2) is 30.3 Å². The van der Waals surface area contributed by atoms with Crippen molar-refractivity contribution in [1.82, 2.24) is 0 Å². The number of alkyl halides is 1. The summed E-state index contributed by atoms with van der Waals surface area (Å²) in [5.74, 6) is 0.301. The molecular formula is C13H17ClO2S. The third-order valence-electron chi connectivity index (χ3n) is 3.31. The van der Waals surface area contributed by atoms with Crippen LogP contribution in [0.2, 0.25) is 0 Å². The van der Waals surface area contributed by atoms with E-state index < -0.39 is 9.84 Å². The minimum atomic E-state index is -2.97. The van der Waals surface area contributed by atoms with Crippen molar-refractivity contribution in [3.63, 3.8) is 0 Å². The van der Waals surface area contributed by atoms with E-state index in [4.69, 9.17) is 11.6 Å². The standard InChI is InChI=1S/C13H17ClO2S/c14-12(10-11-6-2-1-3-7-11)13-8-4-5-9-17(13,15)16/h1-3,6-7,12-13H,4-5,8-10H2. The van der Waals surface area contributed by atoms with Crippen molar-refractivity contribution in [2.24, 2.45) is 0 Å². The maximum atomic E-state index is 11.9. The van der Waals surface area contributed by atoms with Gasteiger partial charge in [0.05, 0.1) is 16.4 Å². The average Bonchev–Trinajstić information content (AvgIpc) is 2.29. The van der Waals surface area contributed by atoms with E-state index in [9.17, 15) is 8.42 Å². The first-order chi connectivity index (χ1) is 8.09. The Morgan fingerprint density at radius 1 is 1.24 bits per heavy atom. The van der Waals surface area contributed by atoms with Crippen LogP contribution in [0.3, 0.4) is 0 Å². The minimum absolute atomic E-state index is 0.301. The topological polar surface area (TPSA) is 34.1 Å². The first-order valence-electron chi connectivity index (χ1n) is 5.99. The lowest BCUT2D eigenvalue weighted by atomic mass is 10.0. The Morgan fingerprint density at radius 3 is 2.59 bits per heavy atom. The smallest absolute Gasteiger partial charge is 0.154 e. The summed E-state index contributed by atoms with van der Waals surface area (Å²) in [6.07, 6.45) is 3.10. The molecule has 4 heteroatoms. The molecule has 2 nitrogen and oxygen atoms in total. The molecule has 1 aliphatic rings. The molecule has 0 aliphatic carbocycles. The Morgan fingerprint density at radius 2 is 1.94 bits per heavy atom. The SMILES string of the molecule is O=S1(=O)CCCCC1C(Cl)Cc1ccccc1. The maximum Gasteiger partial charge on any atom is 0.154 e. The quantitative estimate of drug-likeness (QED) is 0.793. The molecule has 2 rings (SSSR count). The summed E-state index contributed by atoms with van der Waals surface area (Å²) in [7, 11) is -2.97. The van der Waals surface area contributed by atoms with E-state index in [1.165, 1.54) is 0 Å². The summed E-state index contributed by atoms with van der Waals surface area (Å²) in [5, 5.41) is -0.666. The summed E-state index contributed by atoms with van der Waals surface area (Å²) in [6, 6.07) is 9.84. The highest BCUT2D eigenvalue weighted by molar-refractivity contribution is 7.92. The second-order valence-electron chi connectivity index (χ2n) is 4.61. The normalized spacial score (nSPS) is 25.4. The molecule has 17 heavy (non-hydrogen) atoms. The molecule has 0 N–H and O–H groups in total. The first-order valence-corrected chi connectivity index (χ1v) is 8.14. The predicted molar refractivity (Wildman–Crippen MR) is 71.2 cm³/mol. The van der Waals surface area contributed by atoms with Gasteiger partial charge in [0.25, 0.3) is 0 Å². The van der Waals surface area contributed by atoms with Gasteiger partial charge in [0.1, 0.15) is 0 Å². The molecule has 0 spiro atoms. The van der Waals surface area contributed by atoms with Gasteiger partial charge in [0.15, 0.2) is 9.84 Å². The number of benzene rings is 1. The number of hydrogen-bond acceptors (Lipinski definition) is 2. The van der Waals surface area contributed by atoms with Crippen molar-refractivity contribution in [3.05, 3.63) is 35.9 Å². The van der Waals surface area contributed by atoms with Gasteiger partial charge in [-0.25, -0.2) is 8.42 Å². The lowest BCUT2D eigenvalue weighted by Crippen LogP contribution is -2.36. The fourth-order valence-corrected chi connectivity index (χ4v) is 5.11. The average molecular weight is 273 g/mol. The van der Waals surface area contributed by atoms with Crippen molar-refractivity contribution in [2.45, 2.75) is 36.3 Å². The number of halogens is 1. The van der Waals surface area contributed by atoms with E-state index in [0.29, 0.717) is 18.6 Å². The summed E-state index contributed by atoms with van der Waals surface area (Å²) in [5.41, 5.74) is 1.10. The molecule has 1 saturated heterocycles. The molecule has 2 unspecified atom stereocenters. The van der Waals surface area contributed by atoms with Crippen molar-refractivity contribution in [1.29, 1.82) is 0 Å². The van der Waals surface area contributed by atoms with Gasteiger partial charge in [-0.2, -0.15) is 0 Å². The molecule has 1 fully saturated rings. The van der Waals surface area contributed by atoms with Gasteiger partial charge in [-0.15, -0.1) is 11.6 Å². The number of hydrogen-bond donors (Lipinski definition) is 0. The molecule has 0 amide bonds. The van der Waals surface area contributed by atoms with Crippen molar-refractivity contribution < 1.29 is 8.42 Å². The molecule has 1 aromatic rings. The fourth-order valence-electron chi connectivity index (χ4n) is 2.36. The third-order valence-corrected chi connectivity index (χ3v) is 6.26. The maximum absolute atomic E-state index is 11.9. The predicted octanol–water partition coefficient (Wildman–Crippen LogP) is 2.80. The second-order valence-corrected chi connectivity index (χ2v) is 7.51. The van der Waals surface area contributed by atoms with Gasteiger partial charge in [-0.1, -0.05) is 36.8 Å². The zero-order chi connectivity index (χ0) is 12.3. The summed E-state index contributed by atoms with van der Waals surface area (Å²) >= 11 is 6.30. The number of sulfone groups is 1. The van der Waals surface area contributed by atoms with E-state index >= 15 is 0 Å². The second kappa shape index (κ2) is 5.40. The monoisotopic (exact) mass is 272 g/mol. The zero-order valence-electron chi connectivity index (χ0n) is 9.68. The first kappa shape index (κ1) is 12.9. The molecule has 1 heterocycles. The van der Waals surface area contributed by atoms with E-state index in [1.54, 1.807) is 0 Å². The molecular weight excluding hydrogens is 256 g/mol. The molecule has 0 aromatic heterocycles. The van der Waals surface area contributed by atoms with E-state index in [0.717, 1.165) is 18.4 Å². The number of rotatable bonds is 3. The van der Waals surface area contributed by atoms with E-state index in [2.05, 4.69) is 0 Å². The Bertz CT molecular complexity index is 456. The van der Waals surface area contributed by atoms with Crippen molar-refractivity contribution in [2.75, 3.05) is 5.75 Å². The summed E-state index contributed by atoms with van der Waals surface area (Å²) in [4.78, 5) is 0. The van der Waals surface area contributed by atoms with Crippen LogP contribution < -0.4 is 0 Å². The van der Waals surface area contributed by atoms with Gasteiger partial charge in [0, 0.05) is 0 Å². The minimum Gasteiger partial charge on any atom is -0.228 e. The Balaban J connectivity index is 2.07. The summed E-state index contributed by atoms with van der Waals surface area (Å²) in [6.45, 7) is 0. The van der Waals surface area contributed by atoms with Crippen LogP contribution in [0.5, 0.6) is 0 Å². The Hall–Kier alpha value is -0.540. The van der Waals surface area contributed by atoms with Crippen LogP contribution in [-0.2, 0) is 16.3 Å². The van der Waals surface area contributed by atoms with Crippen LogP contribution in [0.4, 0.5) is 0 Å². The highest BCUT2D eigenvalue weighted by Crippen LogP contribution is 2.27. The highest BCUT2D eigenvalue weighted by Gasteiger charge is 2.34. The van der Waals surface area contributed by atoms with E-state index in [-0.39, 0.29) is 10.6 Å². The lowest BCUT2D eigenvalue weighted by molar-refractivity contribution is 0.529.